The number of carbonyl (C=O) groups excluding carboxylic acids is 1. The van der Waals surface area contributed by atoms with Crippen LogP contribution >= 0.6 is 0 Å². The summed E-state index contributed by atoms with van der Waals surface area (Å²) in [6.45, 7) is 4.08. The van der Waals surface area contributed by atoms with Gasteiger partial charge in [0.15, 0.2) is 0 Å². The van der Waals surface area contributed by atoms with E-state index < -0.39 is 29.8 Å². The van der Waals surface area contributed by atoms with Gasteiger partial charge in [-0.2, -0.15) is 13.2 Å². The number of hydrogen-bond donors (Lipinski definition) is 1. The van der Waals surface area contributed by atoms with Crippen molar-refractivity contribution < 1.29 is 18.0 Å². The van der Waals surface area contributed by atoms with Gasteiger partial charge in [0, 0.05) is 56.4 Å². The van der Waals surface area contributed by atoms with Crippen molar-refractivity contribution in [2.45, 2.75) is 19.3 Å². The predicted octanol–water partition coefficient (Wildman–Crippen LogP) is 3.83. The smallest absolute Gasteiger partial charge is 0.369 e. The van der Waals surface area contributed by atoms with Gasteiger partial charge in [-0.05, 0) is 35.9 Å². The molecule has 1 fully saturated rings. The molecule has 1 amide bonds. The molecule has 0 aliphatic carbocycles. The van der Waals surface area contributed by atoms with Crippen LogP contribution in [0.25, 0.3) is 0 Å². The number of anilines is 2. The fourth-order valence-electron chi connectivity index (χ4n) is 3.94. The van der Waals surface area contributed by atoms with Crippen LogP contribution in [0.4, 0.5) is 24.5 Å². The lowest BCUT2D eigenvalue weighted by molar-refractivity contribution is -0.138. The number of aromatic nitrogens is 1. The van der Waals surface area contributed by atoms with Crippen LogP contribution in [0.2, 0.25) is 0 Å². The zero-order chi connectivity index (χ0) is 24.1. The average molecular weight is 470 g/mol. The molecule has 1 saturated heterocycles. The lowest BCUT2D eigenvalue weighted by Crippen LogP contribution is -2.45. The molecular formula is C25H25F3N4O2. The van der Waals surface area contributed by atoms with E-state index >= 15 is 0 Å². The third-order valence-electron chi connectivity index (χ3n) is 5.76. The molecule has 0 spiro atoms. The first-order valence-electron chi connectivity index (χ1n) is 11.0. The van der Waals surface area contributed by atoms with Gasteiger partial charge in [-0.1, -0.05) is 30.3 Å². The Hall–Kier alpha value is -3.59. The lowest BCUT2D eigenvalue weighted by Gasteiger charge is -2.36. The number of rotatable bonds is 6. The van der Waals surface area contributed by atoms with E-state index in [1.165, 1.54) is 5.56 Å². The molecule has 0 radical (unpaired) electrons. The summed E-state index contributed by atoms with van der Waals surface area (Å²) in [6, 6.07) is 19.2. The molecular weight excluding hydrogens is 445 g/mol. The Bertz CT molecular complexity index is 1170. The first-order valence-corrected chi connectivity index (χ1v) is 11.0. The van der Waals surface area contributed by atoms with Gasteiger partial charge in [0.05, 0.1) is 5.56 Å². The second kappa shape index (κ2) is 10.1. The lowest BCUT2D eigenvalue weighted by atomic mass is 10.2. The quantitative estimate of drug-likeness (QED) is 0.595. The molecule has 6 nitrogen and oxygen atoms in total. The summed E-state index contributed by atoms with van der Waals surface area (Å²) in [4.78, 5) is 28.8. The molecule has 9 heteroatoms. The number of amides is 1. The molecule has 0 saturated carbocycles. The Morgan fingerprint density at radius 3 is 2.21 bits per heavy atom. The van der Waals surface area contributed by atoms with E-state index in [4.69, 9.17) is 0 Å². The summed E-state index contributed by atoms with van der Waals surface area (Å²) in [5, 5.41) is 2.63. The molecule has 1 aliphatic rings. The van der Waals surface area contributed by atoms with Crippen LogP contribution in [0, 0.1) is 0 Å². The topological polar surface area (TPSA) is 57.6 Å². The van der Waals surface area contributed by atoms with Crippen molar-refractivity contribution in [3.8, 4) is 0 Å². The highest BCUT2D eigenvalue weighted by atomic mass is 19.4. The molecule has 178 valence electrons. The Balaban J connectivity index is 1.30. The maximum absolute atomic E-state index is 12.9. The molecule has 1 aromatic heterocycles. The number of pyridine rings is 1. The monoisotopic (exact) mass is 470 g/mol. The normalized spacial score (nSPS) is 14.7. The zero-order valence-corrected chi connectivity index (χ0v) is 18.5. The Labute approximate surface area is 195 Å². The van der Waals surface area contributed by atoms with Crippen molar-refractivity contribution >= 4 is 17.3 Å². The van der Waals surface area contributed by atoms with Crippen molar-refractivity contribution in [2.24, 2.45) is 0 Å². The summed E-state index contributed by atoms with van der Waals surface area (Å²) in [5.74, 6) is -0.580. The second-order valence-electron chi connectivity index (χ2n) is 8.23. The fraction of sp³-hybridized carbons (Fsp3) is 0.280. The largest absolute Gasteiger partial charge is 0.417 e. The van der Waals surface area contributed by atoms with Gasteiger partial charge in [0.1, 0.15) is 6.54 Å². The fourth-order valence-corrected chi connectivity index (χ4v) is 3.94. The summed E-state index contributed by atoms with van der Waals surface area (Å²) >= 11 is 0. The summed E-state index contributed by atoms with van der Waals surface area (Å²) in [7, 11) is 0. The highest BCUT2D eigenvalue weighted by Gasteiger charge is 2.31. The third-order valence-corrected chi connectivity index (χ3v) is 5.76. The molecule has 1 aliphatic heterocycles. The number of halogens is 3. The molecule has 0 bridgehead atoms. The van der Waals surface area contributed by atoms with E-state index in [1.54, 1.807) is 12.1 Å². The maximum Gasteiger partial charge on any atom is 0.417 e. The van der Waals surface area contributed by atoms with E-state index in [0.717, 1.165) is 49.0 Å². The Morgan fingerprint density at radius 2 is 1.56 bits per heavy atom. The first-order chi connectivity index (χ1) is 16.3. The molecule has 3 aromatic rings. The van der Waals surface area contributed by atoms with Crippen LogP contribution < -0.4 is 15.8 Å². The number of carbonyl (C=O) groups is 1. The van der Waals surface area contributed by atoms with Gasteiger partial charge in [0.2, 0.25) is 5.91 Å². The Morgan fingerprint density at radius 1 is 0.882 bits per heavy atom. The van der Waals surface area contributed by atoms with Crippen molar-refractivity contribution in [1.29, 1.82) is 0 Å². The molecule has 4 rings (SSSR count). The van der Waals surface area contributed by atoms with Gasteiger partial charge in [-0.3, -0.25) is 14.5 Å². The van der Waals surface area contributed by atoms with E-state index in [-0.39, 0.29) is 0 Å². The first kappa shape index (κ1) is 23.6. The minimum absolute atomic E-state index is 0.506. The minimum atomic E-state index is -4.59. The number of piperazine rings is 1. The van der Waals surface area contributed by atoms with Crippen LogP contribution in [0.3, 0.4) is 0 Å². The third kappa shape index (κ3) is 6.05. The number of nitrogens with zero attached hydrogens (tertiary/aromatic N) is 3. The van der Waals surface area contributed by atoms with E-state index in [2.05, 4.69) is 27.2 Å². The van der Waals surface area contributed by atoms with Gasteiger partial charge in [-0.15, -0.1) is 0 Å². The zero-order valence-electron chi connectivity index (χ0n) is 18.5. The predicted molar refractivity (Wildman–Crippen MR) is 125 cm³/mol. The van der Waals surface area contributed by atoms with Gasteiger partial charge in [-0.25, -0.2) is 0 Å². The molecule has 2 heterocycles. The van der Waals surface area contributed by atoms with E-state index in [0.29, 0.717) is 18.0 Å². The molecule has 34 heavy (non-hydrogen) atoms. The van der Waals surface area contributed by atoms with Gasteiger partial charge >= 0.3 is 6.18 Å². The Kier molecular flexibility index (Phi) is 7.02. The van der Waals surface area contributed by atoms with Crippen LogP contribution in [0.15, 0.2) is 77.7 Å². The minimum Gasteiger partial charge on any atom is -0.369 e. The number of benzene rings is 2. The standard InChI is InChI=1S/C25H25F3N4O2/c26-25(27,28)20-6-11-24(34)32(17-20)18-23(33)29-21-7-9-22(10-8-21)31-14-12-30(13-15-31)16-19-4-2-1-3-5-19/h1-11,17H,12-16,18H2,(H,29,33). The average Bonchev–Trinajstić information content (AvgIpc) is 2.81. The van der Waals surface area contributed by atoms with Crippen LogP contribution in [0.1, 0.15) is 11.1 Å². The highest BCUT2D eigenvalue weighted by Crippen LogP contribution is 2.28. The van der Waals surface area contributed by atoms with Crippen LogP contribution in [0.5, 0.6) is 0 Å². The maximum atomic E-state index is 12.9. The number of hydrogen-bond acceptors (Lipinski definition) is 4. The van der Waals surface area contributed by atoms with E-state index in [9.17, 15) is 22.8 Å². The van der Waals surface area contributed by atoms with Gasteiger partial charge < -0.3 is 14.8 Å². The highest BCUT2D eigenvalue weighted by molar-refractivity contribution is 5.90. The van der Waals surface area contributed by atoms with E-state index in [1.807, 2.05) is 30.3 Å². The summed E-state index contributed by atoms with van der Waals surface area (Å²) < 4.78 is 39.4. The summed E-state index contributed by atoms with van der Waals surface area (Å²) in [6.07, 6.45) is -3.93. The van der Waals surface area contributed by atoms with Gasteiger partial charge in [0.25, 0.3) is 5.56 Å². The van der Waals surface area contributed by atoms with Crippen molar-refractivity contribution in [1.82, 2.24) is 9.47 Å². The second-order valence-corrected chi connectivity index (χ2v) is 8.23. The summed E-state index contributed by atoms with van der Waals surface area (Å²) in [5.41, 5.74) is 1.18. The van der Waals surface area contributed by atoms with Crippen molar-refractivity contribution in [3.05, 3.63) is 94.4 Å². The number of alkyl halides is 3. The molecule has 0 unspecified atom stereocenters. The molecule has 0 atom stereocenters. The van der Waals surface area contributed by atoms with Crippen LogP contribution in [-0.2, 0) is 24.1 Å². The van der Waals surface area contributed by atoms with Crippen molar-refractivity contribution in [2.75, 3.05) is 36.4 Å². The molecule has 1 N–H and O–H groups in total. The SMILES string of the molecule is O=C(Cn1cc(C(F)(F)F)ccc1=O)Nc1ccc(N2CCN(Cc3ccccc3)CC2)cc1. The van der Waals surface area contributed by atoms with Crippen LogP contribution in [-0.4, -0.2) is 41.6 Å². The number of nitrogens with one attached hydrogen (secondary N) is 1. The molecule has 2 aromatic carbocycles. The van der Waals surface area contributed by atoms with Crippen molar-refractivity contribution in [3.63, 3.8) is 0 Å².